The molecule has 1 fully saturated rings. The van der Waals surface area contributed by atoms with Gasteiger partial charge in [0.05, 0.1) is 13.2 Å². The SMILES string of the molecule is CC1(C)COC[C@H](Cc2ccccc2)N1. The lowest BCUT2D eigenvalue weighted by atomic mass is 9.99. The maximum absolute atomic E-state index is 5.61. The van der Waals surface area contributed by atoms with Crippen LogP contribution in [0.15, 0.2) is 30.3 Å². The van der Waals surface area contributed by atoms with E-state index in [0.717, 1.165) is 19.6 Å². The molecule has 0 unspecified atom stereocenters. The van der Waals surface area contributed by atoms with Crippen molar-refractivity contribution >= 4 is 0 Å². The maximum Gasteiger partial charge on any atom is 0.0643 e. The van der Waals surface area contributed by atoms with Gasteiger partial charge in [0.25, 0.3) is 0 Å². The van der Waals surface area contributed by atoms with Crippen molar-refractivity contribution in [1.29, 1.82) is 0 Å². The third-order valence-electron chi connectivity index (χ3n) is 2.70. The minimum absolute atomic E-state index is 0.109. The Bertz CT molecular complexity index is 308. The predicted octanol–water partition coefficient (Wildman–Crippen LogP) is 2.00. The Morgan fingerprint density at radius 3 is 2.73 bits per heavy atom. The van der Waals surface area contributed by atoms with Crippen molar-refractivity contribution in [3.63, 3.8) is 0 Å². The Hall–Kier alpha value is -0.860. The molecule has 0 saturated carbocycles. The normalized spacial score (nSPS) is 25.1. The fraction of sp³-hybridized carbons (Fsp3) is 0.538. The van der Waals surface area contributed by atoms with Gasteiger partial charge >= 0.3 is 0 Å². The monoisotopic (exact) mass is 205 g/mol. The lowest BCUT2D eigenvalue weighted by molar-refractivity contribution is 0.0135. The molecule has 2 nitrogen and oxygen atoms in total. The van der Waals surface area contributed by atoms with Crippen molar-refractivity contribution < 1.29 is 4.74 Å². The third kappa shape index (κ3) is 3.05. The third-order valence-corrected chi connectivity index (χ3v) is 2.70. The average Bonchev–Trinajstić information content (AvgIpc) is 2.17. The van der Waals surface area contributed by atoms with Crippen molar-refractivity contribution in [2.75, 3.05) is 13.2 Å². The number of morpholine rings is 1. The molecule has 1 aliphatic rings. The highest BCUT2D eigenvalue weighted by Crippen LogP contribution is 2.13. The smallest absolute Gasteiger partial charge is 0.0643 e. The van der Waals surface area contributed by atoms with E-state index >= 15 is 0 Å². The quantitative estimate of drug-likeness (QED) is 0.797. The van der Waals surface area contributed by atoms with Gasteiger partial charge in [0, 0.05) is 11.6 Å². The van der Waals surface area contributed by atoms with E-state index in [2.05, 4.69) is 49.5 Å². The molecule has 0 radical (unpaired) electrons. The minimum atomic E-state index is 0.109. The summed E-state index contributed by atoms with van der Waals surface area (Å²) in [7, 11) is 0. The highest BCUT2D eigenvalue weighted by atomic mass is 16.5. The molecule has 1 aromatic rings. The Balaban J connectivity index is 1.95. The number of hydrogen-bond donors (Lipinski definition) is 1. The molecular formula is C13H19NO. The van der Waals surface area contributed by atoms with Crippen LogP contribution in [0.3, 0.4) is 0 Å². The van der Waals surface area contributed by atoms with E-state index in [0.29, 0.717) is 6.04 Å². The largest absolute Gasteiger partial charge is 0.378 e. The molecule has 15 heavy (non-hydrogen) atoms. The second-order valence-electron chi connectivity index (χ2n) is 4.93. The number of hydrogen-bond acceptors (Lipinski definition) is 2. The van der Waals surface area contributed by atoms with E-state index in [4.69, 9.17) is 4.74 Å². The molecule has 2 rings (SSSR count). The van der Waals surface area contributed by atoms with E-state index in [1.807, 2.05) is 0 Å². The lowest BCUT2D eigenvalue weighted by Gasteiger charge is -2.37. The van der Waals surface area contributed by atoms with Gasteiger partial charge in [-0.3, -0.25) is 0 Å². The van der Waals surface area contributed by atoms with Crippen LogP contribution in [0.2, 0.25) is 0 Å². The second-order valence-corrected chi connectivity index (χ2v) is 4.93. The summed E-state index contributed by atoms with van der Waals surface area (Å²) in [4.78, 5) is 0. The molecule has 2 heteroatoms. The van der Waals surface area contributed by atoms with Crippen LogP contribution in [0, 0.1) is 0 Å². The molecule has 1 aromatic carbocycles. The lowest BCUT2D eigenvalue weighted by Crippen LogP contribution is -2.56. The van der Waals surface area contributed by atoms with Gasteiger partial charge in [0.1, 0.15) is 0 Å². The average molecular weight is 205 g/mol. The van der Waals surface area contributed by atoms with Crippen molar-refractivity contribution in [1.82, 2.24) is 5.32 Å². The standard InChI is InChI=1S/C13H19NO/c1-13(2)10-15-9-12(14-13)8-11-6-4-3-5-7-11/h3-7,12,14H,8-10H2,1-2H3/t12-/m0/s1. The first kappa shape index (κ1) is 10.7. The van der Waals surface area contributed by atoms with Gasteiger partial charge in [-0.1, -0.05) is 30.3 Å². The molecule has 1 aliphatic heterocycles. The van der Waals surface area contributed by atoms with Crippen LogP contribution in [0.1, 0.15) is 19.4 Å². The summed E-state index contributed by atoms with van der Waals surface area (Å²) in [5.74, 6) is 0. The van der Waals surface area contributed by atoms with Crippen molar-refractivity contribution in [3.05, 3.63) is 35.9 Å². The number of nitrogens with one attached hydrogen (secondary N) is 1. The molecule has 0 bridgehead atoms. The Labute approximate surface area is 91.6 Å². The zero-order valence-electron chi connectivity index (χ0n) is 9.49. The van der Waals surface area contributed by atoms with Crippen molar-refractivity contribution in [2.24, 2.45) is 0 Å². The fourth-order valence-corrected chi connectivity index (χ4v) is 2.10. The Kier molecular flexibility index (Phi) is 3.08. The van der Waals surface area contributed by atoms with Crippen molar-refractivity contribution in [2.45, 2.75) is 31.8 Å². The highest BCUT2D eigenvalue weighted by Gasteiger charge is 2.27. The predicted molar refractivity (Wildman–Crippen MR) is 62.0 cm³/mol. The van der Waals surface area contributed by atoms with Gasteiger partial charge < -0.3 is 10.1 Å². The van der Waals surface area contributed by atoms with Crippen LogP contribution in [0.25, 0.3) is 0 Å². The summed E-state index contributed by atoms with van der Waals surface area (Å²) < 4.78 is 5.61. The summed E-state index contributed by atoms with van der Waals surface area (Å²) in [5, 5.41) is 3.62. The summed E-state index contributed by atoms with van der Waals surface area (Å²) in [6, 6.07) is 11.0. The van der Waals surface area contributed by atoms with Gasteiger partial charge in [-0.15, -0.1) is 0 Å². The fourth-order valence-electron chi connectivity index (χ4n) is 2.10. The first-order valence-corrected chi connectivity index (χ1v) is 5.55. The molecule has 82 valence electrons. The number of benzene rings is 1. The van der Waals surface area contributed by atoms with Crippen LogP contribution in [0.4, 0.5) is 0 Å². The molecule has 0 aliphatic carbocycles. The second kappa shape index (κ2) is 4.33. The molecule has 1 atom stereocenters. The summed E-state index contributed by atoms with van der Waals surface area (Å²) in [6.07, 6.45) is 1.05. The topological polar surface area (TPSA) is 21.3 Å². The molecular weight excluding hydrogens is 186 g/mol. The maximum atomic E-state index is 5.61. The highest BCUT2D eigenvalue weighted by molar-refractivity contribution is 5.16. The van der Waals surface area contributed by atoms with E-state index in [1.54, 1.807) is 0 Å². The number of ether oxygens (including phenoxy) is 1. The molecule has 1 saturated heterocycles. The summed E-state index contributed by atoms with van der Waals surface area (Å²) >= 11 is 0. The summed E-state index contributed by atoms with van der Waals surface area (Å²) in [6.45, 7) is 5.99. The first-order valence-electron chi connectivity index (χ1n) is 5.55. The van der Waals surface area contributed by atoms with Gasteiger partial charge in [-0.05, 0) is 25.8 Å². The van der Waals surface area contributed by atoms with Crippen LogP contribution in [-0.2, 0) is 11.2 Å². The minimum Gasteiger partial charge on any atom is -0.378 e. The molecule has 0 amide bonds. The first-order chi connectivity index (χ1) is 7.16. The van der Waals surface area contributed by atoms with Crippen LogP contribution in [0.5, 0.6) is 0 Å². The molecule has 0 aromatic heterocycles. The van der Waals surface area contributed by atoms with E-state index < -0.39 is 0 Å². The van der Waals surface area contributed by atoms with Crippen LogP contribution < -0.4 is 5.32 Å². The van der Waals surface area contributed by atoms with Crippen LogP contribution in [-0.4, -0.2) is 24.8 Å². The van der Waals surface area contributed by atoms with E-state index in [9.17, 15) is 0 Å². The molecule has 1 N–H and O–H groups in total. The number of rotatable bonds is 2. The summed E-state index contributed by atoms with van der Waals surface area (Å²) in [5.41, 5.74) is 1.48. The van der Waals surface area contributed by atoms with E-state index in [1.165, 1.54) is 5.56 Å². The Morgan fingerprint density at radius 1 is 1.33 bits per heavy atom. The van der Waals surface area contributed by atoms with Gasteiger partial charge in [0.2, 0.25) is 0 Å². The zero-order valence-corrected chi connectivity index (χ0v) is 9.49. The Morgan fingerprint density at radius 2 is 2.07 bits per heavy atom. The molecule has 0 spiro atoms. The van der Waals surface area contributed by atoms with Gasteiger partial charge in [0.15, 0.2) is 0 Å². The van der Waals surface area contributed by atoms with Crippen LogP contribution >= 0.6 is 0 Å². The molecule has 1 heterocycles. The van der Waals surface area contributed by atoms with Gasteiger partial charge in [-0.25, -0.2) is 0 Å². The van der Waals surface area contributed by atoms with Gasteiger partial charge in [-0.2, -0.15) is 0 Å². The zero-order chi connectivity index (χ0) is 10.7. The van der Waals surface area contributed by atoms with E-state index in [-0.39, 0.29) is 5.54 Å². The van der Waals surface area contributed by atoms with Crippen molar-refractivity contribution in [3.8, 4) is 0 Å².